The number of nitrogens with two attached hydrogens (primary N) is 1. The van der Waals surface area contributed by atoms with Crippen LogP contribution in [0.25, 0.3) is 10.8 Å². The quantitative estimate of drug-likeness (QED) is 0.883. The number of carbonyl (C=O) groups is 1. The maximum atomic E-state index is 12.8. The van der Waals surface area contributed by atoms with Crippen molar-refractivity contribution in [2.75, 3.05) is 26.9 Å². The molecule has 128 valence electrons. The lowest BCUT2D eigenvalue weighted by Gasteiger charge is -2.34. The number of fused-ring (bicyclic) bond motifs is 1. The van der Waals surface area contributed by atoms with Gasteiger partial charge in [0.15, 0.2) is 0 Å². The molecule has 1 heterocycles. The van der Waals surface area contributed by atoms with E-state index in [1.54, 1.807) is 7.11 Å². The Morgan fingerprint density at radius 3 is 2.71 bits per heavy atom. The molecular weight excluding hydrogens is 304 g/mol. The van der Waals surface area contributed by atoms with Crippen LogP contribution in [-0.4, -0.2) is 32.8 Å². The molecule has 2 aromatic carbocycles. The highest BCUT2D eigenvalue weighted by atomic mass is 16.5. The Hall–Kier alpha value is -2.11. The average Bonchev–Trinajstić information content (AvgIpc) is 2.66. The molecule has 1 fully saturated rings. The van der Waals surface area contributed by atoms with Crippen molar-refractivity contribution in [1.29, 1.82) is 0 Å². The second-order valence-electron chi connectivity index (χ2n) is 6.25. The number of hydrogen-bond donors (Lipinski definition) is 2. The van der Waals surface area contributed by atoms with Gasteiger partial charge in [-0.15, -0.1) is 0 Å². The van der Waals surface area contributed by atoms with Gasteiger partial charge in [0, 0.05) is 31.9 Å². The second kappa shape index (κ2) is 7.20. The Morgan fingerprint density at radius 2 is 2.00 bits per heavy atom. The van der Waals surface area contributed by atoms with Crippen LogP contribution >= 0.6 is 0 Å². The van der Waals surface area contributed by atoms with E-state index >= 15 is 0 Å². The van der Waals surface area contributed by atoms with Crippen LogP contribution in [0.3, 0.4) is 0 Å². The summed E-state index contributed by atoms with van der Waals surface area (Å²) in [5.74, 6) is 0.783. The van der Waals surface area contributed by atoms with Crippen molar-refractivity contribution in [1.82, 2.24) is 5.32 Å². The predicted molar refractivity (Wildman–Crippen MR) is 93.9 cm³/mol. The number of rotatable bonds is 5. The Bertz CT molecular complexity index is 724. The highest BCUT2D eigenvalue weighted by molar-refractivity contribution is 5.89. The standard InChI is InChI=1S/C19H24N2O3/c1-23-17-7-6-14-4-2-3-5-15(14)16(17)12-21-18(22)19(13-20)8-10-24-11-9-19/h2-7H,8-13,20H2,1H3,(H,21,22). The molecule has 0 unspecified atom stereocenters. The molecule has 0 aromatic heterocycles. The summed E-state index contributed by atoms with van der Waals surface area (Å²) in [6.45, 7) is 1.94. The minimum atomic E-state index is -0.518. The van der Waals surface area contributed by atoms with Crippen molar-refractivity contribution in [3.05, 3.63) is 42.0 Å². The molecule has 1 saturated heterocycles. The summed E-state index contributed by atoms with van der Waals surface area (Å²) < 4.78 is 10.9. The zero-order valence-electron chi connectivity index (χ0n) is 14.0. The third-order valence-corrected chi connectivity index (χ3v) is 4.97. The van der Waals surface area contributed by atoms with E-state index in [-0.39, 0.29) is 5.91 Å². The molecule has 0 radical (unpaired) electrons. The molecule has 2 aromatic rings. The van der Waals surface area contributed by atoms with Gasteiger partial charge in [-0.2, -0.15) is 0 Å². The molecule has 5 nitrogen and oxygen atoms in total. The van der Waals surface area contributed by atoms with Crippen LogP contribution in [0.1, 0.15) is 18.4 Å². The molecular formula is C19H24N2O3. The second-order valence-corrected chi connectivity index (χ2v) is 6.25. The molecule has 1 amide bonds. The highest BCUT2D eigenvalue weighted by Crippen LogP contribution is 2.31. The van der Waals surface area contributed by atoms with Crippen LogP contribution in [0.15, 0.2) is 36.4 Å². The summed E-state index contributed by atoms with van der Waals surface area (Å²) in [6.07, 6.45) is 1.34. The van der Waals surface area contributed by atoms with Gasteiger partial charge in [-0.3, -0.25) is 4.79 Å². The van der Waals surface area contributed by atoms with Gasteiger partial charge in [-0.25, -0.2) is 0 Å². The largest absolute Gasteiger partial charge is 0.496 e. The third kappa shape index (κ3) is 3.09. The fourth-order valence-corrected chi connectivity index (χ4v) is 3.33. The SMILES string of the molecule is COc1ccc2ccccc2c1CNC(=O)C1(CN)CCOCC1. The number of carbonyl (C=O) groups excluding carboxylic acids is 1. The average molecular weight is 328 g/mol. The van der Waals surface area contributed by atoms with E-state index in [2.05, 4.69) is 11.4 Å². The molecule has 5 heteroatoms. The maximum absolute atomic E-state index is 12.8. The maximum Gasteiger partial charge on any atom is 0.227 e. The van der Waals surface area contributed by atoms with E-state index in [9.17, 15) is 4.79 Å². The van der Waals surface area contributed by atoms with Crippen LogP contribution in [0.4, 0.5) is 0 Å². The van der Waals surface area contributed by atoms with Crippen molar-refractivity contribution in [3.63, 3.8) is 0 Å². The normalized spacial score (nSPS) is 16.8. The van der Waals surface area contributed by atoms with Crippen molar-refractivity contribution in [2.45, 2.75) is 19.4 Å². The summed E-state index contributed by atoms with van der Waals surface area (Å²) in [5, 5.41) is 5.29. The molecule has 3 N–H and O–H groups in total. The summed E-state index contributed by atoms with van der Waals surface area (Å²) in [7, 11) is 1.65. The minimum absolute atomic E-state index is 0.00304. The Morgan fingerprint density at radius 1 is 1.25 bits per heavy atom. The smallest absolute Gasteiger partial charge is 0.227 e. The van der Waals surface area contributed by atoms with E-state index in [0.29, 0.717) is 39.1 Å². The van der Waals surface area contributed by atoms with E-state index in [4.69, 9.17) is 15.2 Å². The van der Waals surface area contributed by atoms with Crippen molar-refractivity contribution >= 4 is 16.7 Å². The lowest BCUT2D eigenvalue weighted by Crippen LogP contribution is -2.49. The van der Waals surface area contributed by atoms with E-state index in [0.717, 1.165) is 22.1 Å². The van der Waals surface area contributed by atoms with Crippen LogP contribution in [0.5, 0.6) is 5.75 Å². The van der Waals surface area contributed by atoms with Gasteiger partial charge in [0.25, 0.3) is 0 Å². The van der Waals surface area contributed by atoms with Gasteiger partial charge < -0.3 is 20.5 Å². The van der Waals surface area contributed by atoms with Crippen LogP contribution in [-0.2, 0) is 16.1 Å². The number of nitrogens with one attached hydrogen (secondary N) is 1. The van der Waals surface area contributed by atoms with Crippen molar-refractivity contribution in [3.8, 4) is 5.75 Å². The lowest BCUT2D eigenvalue weighted by molar-refractivity contribution is -0.136. The van der Waals surface area contributed by atoms with Gasteiger partial charge in [0.2, 0.25) is 5.91 Å². The van der Waals surface area contributed by atoms with Gasteiger partial charge >= 0.3 is 0 Å². The number of hydrogen-bond acceptors (Lipinski definition) is 4. The Kier molecular flexibility index (Phi) is 5.02. The third-order valence-electron chi connectivity index (χ3n) is 4.97. The molecule has 0 spiro atoms. The summed E-state index contributed by atoms with van der Waals surface area (Å²) in [6, 6.07) is 12.1. The molecule has 1 aliphatic heterocycles. The minimum Gasteiger partial charge on any atom is -0.496 e. The molecule has 24 heavy (non-hydrogen) atoms. The van der Waals surface area contributed by atoms with Gasteiger partial charge in [0.05, 0.1) is 12.5 Å². The Balaban J connectivity index is 1.83. The number of methoxy groups -OCH3 is 1. The molecule has 1 aliphatic rings. The van der Waals surface area contributed by atoms with Gasteiger partial charge in [-0.1, -0.05) is 30.3 Å². The first kappa shape index (κ1) is 16.7. The first-order chi connectivity index (χ1) is 11.7. The van der Waals surface area contributed by atoms with Crippen LogP contribution < -0.4 is 15.8 Å². The van der Waals surface area contributed by atoms with Crippen molar-refractivity contribution in [2.24, 2.45) is 11.1 Å². The number of ether oxygens (including phenoxy) is 2. The predicted octanol–water partition coefficient (Wildman–Crippen LogP) is 2.22. The van der Waals surface area contributed by atoms with E-state index in [1.807, 2.05) is 30.3 Å². The molecule has 0 aliphatic carbocycles. The van der Waals surface area contributed by atoms with E-state index < -0.39 is 5.41 Å². The molecule has 0 saturated carbocycles. The molecule has 3 rings (SSSR count). The topological polar surface area (TPSA) is 73.6 Å². The zero-order valence-corrected chi connectivity index (χ0v) is 14.0. The van der Waals surface area contributed by atoms with Crippen molar-refractivity contribution < 1.29 is 14.3 Å². The Labute approximate surface area is 142 Å². The van der Waals surface area contributed by atoms with E-state index in [1.165, 1.54) is 0 Å². The monoisotopic (exact) mass is 328 g/mol. The van der Waals surface area contributed by atoms with Crippen LogP contribution in [0.2, 0.25) is 0 Å². The fourth-order valence-electron chi connectivity index (χ4n) is 3.33. The fraction of sp³-hybridized carbons (Fsp3) is 0.421. The summed E-state index contributed by atoms with van der Waals surface area (Å²) >= 11 is 0. The van der Waals surface area contributed by atoms with Crippen LogP contribution in [0, 0.1) is 5.41 Å². The van der Waals surface area contributed by atoms with Gasteiger partial charge in [-0.05, 0) is 29.7 Å². The van der Waals surface area contributed by atoms with Gasteiger partial charge in [0.1, 0.15) is 5.75 Å². The zero-order chi connectivity index (χ0) is 17.0. The first-order valence-electron chi connectivity index (χ1n) is 8.31. The lowest BCUT2D eigenvalue weighted by atomic mass is 9.79. The first-order valence-corrected chi connectivity index (χ1v) is 8.31. The molecule has 0 bridgehead atoms. The summed E-state index contributed by atoms with van der Waals surface area (Å²) in [5.41, 5.74) is 6.38. The summed E-state index contributed by atoms with van der Waals surface area (Å²) in [4.78, 5) is 12.8. The molecule has 0 atom stereocenters. The highest BCUT2D eigenvalue weighted by Gasteiger charge is 2.38. The number of amides is 1. The number of benzene rings is 2.